The summed E-state index contributed by atoms with van der Waals surface area (Å²) in [6.45, 7) is 4.86. The molecular weight excluding hydrogens is 218 g/mol. The lowest BCUT2D eigenvalue weighted by atomic mass is 10.0. The van der Waals surface area contributed by atoms with Gasteiger partial charge in [0, 0.05) is 0 Å². The summed E-state index contributed by atoms with van der Waals surface area (Å²) in [5, 5.41) is 14.4. The maximum absolute atomic E-state index is 10.5. The fourth-order valence-corrected chi connectivity index (χ4v) is 1.63. The largest absolute Gasteiger partial charge is 0.408 e. The average Bonchev–Trinajstić information content (AvgIpc) is 2.56. The van der Waals surface area contributed by atoms with Gasteiger partial charge in [0.2, 0.25) is 0 Å². The van der Waals surface area contributed by atoms with Gasteiger partial charge < -0.3 is 10.1 Å². The third kappa shape index (κ3) is 2.92. The maximum Gasteiger partial charge on any atom is 0.408 e. The van der Waals surface area contributed by atoms with Crippen LogP contribution in [0.3, 0.4) is 0 Å². The second kappa shape index (κ2) is 5.11. The van der Waals surface area contributed by atoms with Crippen molar-refractivity contribution in [1.29, 1.82) is 0 Å². The van der Waals surface area contributed by atoms with Crippen molar-refractivity contribution >= 4 is 17.4 Å². The van der Waals surface area contributed by atoms with Crippen LogP contribution in [0.1, 0.15) is 26.7 Å². The third-order valence-corrected chi connectivity index (χ3v) is 2.74. The van der Waals surface area contributed by atoms with Gasteiger partial charge in [-0.05, 0) is 10.8 Å². The van der Waals surface area contributed by atoms with Crippen LogP contribution in [0.5, 0.6) is 0 Å². The predicted molar refractivity (Wildman–Crippen MR) is 58.0 cm³/mol. The first-order valence-electron chi connectivity index (χ1n) is 4.95. The molecule has 15 heavy (non-hydrogen) atoms. The molecule has 1 aromatic heterocycles. The Labute approximate surface area is 93.2 Å². The minimum absolute atomic E-state index is 0.103. The maximum atomic E-state index is 10.5. The summed E-state index contributed by atoms with van der Waals surface area (Å²) in [4.78, 5) is 9.94. The quantitative estimate of drug-likeness (QED) is 0.578. The van der Waals surface area contributed by atoms with Crippen molar-refractivity contribution < 1.29 is 4.92 Å². The molecule has 0 unspecified atom stereocenters. The molecule has 0 aliphatic heterocycles. The first-order valence-corrected chi connectivity index (χ1v) is 5.33. The van der Waals surface area contributed by atoms with Crippen LogP contribution in [-0.2, 0) is 6.54 Å². The zero-order valence-corrected chi connectivity index (χ0v) is 9.57. The highest BCUT2D eigenvalue weighted by Crippen LogP contribution is 2.22. The normalized spacial score (nSPS) is 10.9. The molecule has 0 saturated carbocycles. The molecule has 0 aliphatic rings. The molecule has 1 rings (SSSR count). The Morgan fingerprint density at radius 1 is 1.60 bits per heavy atom. The highest BCUT2D eigenvalue weighted by atomic mass is 35.5. The SMILES string of the molecule is CCC(CC)Cn1cc(Cl)c([N+](=O)[O-])n1. The molecule has 6 heteroatoms. The molecule has 1 aromatic rings. The molecule has 0 bridgehead atoms. The van der Waals surface area contributed by atoms with Crippen LogP contribution in [0.2, 0.25) is 5.02 Å². The molecule has 1 heterocycles. The smallest absolute Gasteiger partial charge is 0.358 e. The molecule has 0 aliphatic carbocycles. The summed E-state index contributed by atoms with van der Waals surface area (Å²) < 4.78 is 1.55. The Morgan fingerprint density at radius 2 is 2.20 bits per heavy atom. The molecular formula is C9H14ClN3O2. The topological polar surface area (TPSA) is 61.0 Å². The van der Waals surface area contributed by atoms with Crippen molar-refractivity contribution in [1.82, 2.24) is 9.78 Å². The van der Waals surface area contributed by atoms with Crippen molar-refractivity contribution in [2.45, 2.75) is 33.2 Å². The fraction of sp³-hybridized carbons (Fsp3) is 0.667. The van der Waals surface area contributed by atoms with Gasteiger partial charge in [0.1, 0.15) is 0 Å². The molecule has 0 saturated heterocycles. The van der Waals surface area contributed by atoms with Gasteiger partial charge in [0.05, 0.1) is 17.8 Å². The summed E-state index contributed by atoms with van der Waals surface area (Å²) in [5.74, 6) is 0.225. The van der Waals surface area contributed by atoms with Crippen molar-refractivity contribution in [2.24, 2.45) is 5.92 Å². The predicted octanol–water partition coefficient (Wildman–Crippen LogP) is 2.88. The van der Waals surface area contributed by atoms with E-state index in [0.717, 1.165) is 12.8 Å². The third-order valence-electron chi connectivity index (χ3n) is 2.47. The fourth-order valence-electron chi connectivity index (χ4n) is 1.42. The second-order valence-electron chi connectivity index (χ2n) is 3.46. The van der Waals surface area contributed by atoms with E-state index in [0.29, 0.717) is 12.5 Å². The minimum atomic E-state index is -0.564. The number of nitro groups is 1. The monoisotopic (exact) mass is 231 g/mol. The van der Waals surface area contributed by atoms with Gasteiger partial charge in [-0.1, -0.05) is 38.3 Å². The van der Waals surface area contributed by atoms with E-state index in [9.17, 15) is 10.1 Å². The standard InChI is InChI=1S/C9H14ClN3O2/c1-3-7(4-2)5-12-6-8(10)9(11-12)13(14)15/h6-7H,3-5H2,1-2H3. The molecule has 5 nitrogen and oxygen atoms in total. The van der Waals surface area contributed by atoms with E-state index in [1.807, 2.05) is 0 Å². The Balaban J connectivity index is 2.79. The van der Waals surface area contributed by atoms with Crippen LogP contribution in [-0.4, -0.2) is 14.7 Å². The lowest BCUT2D eigenvalue weighted by molar-refractivity contribution is -0.389. The molecule has 0 N–H and O–H groups in total. The van der Waals surface area contributed by atoms with Crippen molar-refractivity contribution in [3.05, 3.63) is 21.3 Å². The van der Waals surface area contributed by atoms with Gasteiger partial charge in [0.15, 0.2) is 5.02 Å². The van der Waals surface area contributed by atoms with Gasteiger partial charge in [-0.15, -0.1) is 0 Å². The Hall–Kier alpha value is -1.10. The van der Waals surface area contributed by atoms with Gasteiger partial charge in [-0.25, -0.2) is 0 Å². The highest BCUT2D eigenvalue weighted by Gasteiger charge is 2.20. The summed E-state index contributed by atoms with van der Waals surface area (Å²) in [6, 6.07) is 0. The van der Waals surface area contributed by atoms with Crippen LogP contribution in [0, 0.1) is 16.0 Å². The average molecular weight is 232 g/mol. The van der Waals surface area contributed by atoms with E-state index in [2.05, 4.69) is 18.9 Å². The van der Waals surface area contributed by atoms with Crippen molar-refractivity contribution in [3.8, 4) is 0 Å². The summed E-state index contributed by atoms with van der Waals surface area (Å²) in [7, 11) is 0. The molecule has 0 aromatic carbocycles. The number of nitrogens with zero attached hydrogens (tertiary/aromatic N) is 3. The van der Waals surface area contributed by atoms with Gasteiger partial charge >= 0.3 is 5.82 Å². The van der Waals surface area contributed by atoms with Gasteiger partial charge in [-0.3, -0.25) is 0 Å². The van der Waals surface area contributed by atoms with E-state index in [-0.39, 0.29) is 10.8 Å². The Bertz CT molecular complexity index is 347. The lowest BCUT2D eigenvalue weighted by Gasteiger charge is -2.08. The van der Waals surface area contributed by atoms with Crippen molar-refractivity contribution in [2.75, 3.05) is 0 Å². The van der Waals surface area contributed by atoms with E-state index in [1.54, 1.807) is 4.68 Å². The van der Waals surface area contributed by atoms with E-state index in [1.165, 1.54) is 6.20 Å². The first-order chi connectivity index (χ1) is 7.08. The molecule has 84 valence electrons. The van der Waals surface area contributed by atoms with Crippen LogP contribution >= 0.6 is 11.6 Å². The van der Waals surface area contributed by atoms with Gasteiger partial charge in [0.25, 0.3) is 0 Å². The minimum Gasteiger partial charge on any atom is -0.358 e. The number of aromatic nitrogens is 2. The molecule has 0 amide bonds. The molecule has 0 spiro atoms. The summed E-state index contributed by atoms with van der Waals surface area (Å²) >= 11 is 5.68. The zero-order valence-electron chi connectivity index (χ0n) is 8.81. The molecule has 0 atom stereocenters. The Morgan fingerprint density at radius 3 is 2.60 bits per heavy atom. The Kier molecular flexibility index (Phi) is 4.08. The van der Waals surface area contributed by atoms with E-state index >= 15 is 0 Å². The second-order valence-corrected chi connectivity index (χ2v) is 3.87. The first kappa shape index (κ1) is 12.0. The van der Waals surface area contributed by atoms with Crippen LogP contribution < -0.4 is 0 Å². The molecule has 0 radical (unpaired) electrons. The van der Waals surface area contributed by atoms with E-state index in [4.69, 9.17) is 11.6 Å². The van der Waals surface area contributed by atoms with Crippen LogP contribution in [0.25, 0.3) is 0 Å². The number of hydrogen-bond donors (Lipinski definition) is 0. The lowest BCUT2D eigenvalue weighted by Crippen LogP contribution is -2.09. The number of halogens is 1. The van der Waals surface area contributed by atoms with Gasteiger partial charge in [-0.2, -0.15) is 4.68 Å². The summed E-state index contributed by atoms with van der Waals surface area (Å²) in [5.41, 5.74) is 0. The summed E-state index contributed by atoms with van der Waals surface area (Å²) in [6.07, 6.45) is 3.57. The highest BCUT2D eigenvalue weighted by molar-refractivity contribution is 6.32. The van der Waals surface area contributed by atoms with Crippen LogP contribution in [0.4, 0.5) is 5.82 Å². The zero-order chi connectivity index (χ0) is 11.4. The number of hydrogen-bond acceptors (Lipinski definition) is 3. The van der Waals surface area contributed by atoms with Crippen LogP contribution in [0.15, 0.2) is 6.20 Å². The number of rotatable bonds is 5. The molecule has 0 fully saturated rings. The van der Waals surface area contributed by atoms with E-state index < -0.39 is 4.92 Å². The van der Waals surface area contributed by atoms with Crippen molar-refractivity contribution in [3.63, 3.8) is 0 Å².